The van der Waals surface area contributed by atoms with Crippen molar-refractivity contribution >= 4 is 21.7 Å². The molecular weight excluding hydrogens is 284 g/mol. The molecule has 0 aliphatic rings. The van der Waals surface area contributed by atoms with E-state index in [-0.39, 0.29) is 16.9 Å². The molecule has 0 heterocycles. The summed E-state index contributed by atoms with van der Waals surface area (Å²) in [4.78, 5) is 11.2. The van der Waals surface area contributed by atoms with E-state index in [1.165, 1.54) is 19.1 Å². The number of hydrogen-bond donors (Lipinski definition) is 0. The monoisotopic (exact) mass is 289 g/mol. The molecule has 0 amide bonds. The molecule has 1 aromatic carbocycles. The second kappa shape index (κ2) is 5.03. The van der Waals surface area contributed by atoms with Crippen molar-refractivity contribution in [1.29, 1.82) is 5.26 Å². The van der Waals surface area contributed by atoms with Crippen molar-refractivity contribution in [3.05, 3.63) is 27.7 Å². The van der Waals surface area contributed by atoms with Gasteiger partial charge in [-0.2, -0.15) is 14.0 Å². The van der Waals surface area contributed by atoms with Crippen LogP contribution < -0.4 is 4.74 Å². The molecule has 0 saturated heterocycles. The number of ether oxygens (including phenoxy) is 1. The van der Waals surface area contributed by atoms with Gasteiger partial charge in [0.05, 0.1) is 11.1 Å². The van der Waals surface area contributed by atoms with E-state index in [1.54, 1.807) is 0 Å². The summed E-state index contributed by atoms with van der Waals surface area (Å²) >= 11 is 3.02. The third-order valence-corrected chi connectivity index (χ3v) is 2.44. The molecule has 3 nitrogen and oxygen atoms in total. The van der Waals surface area contributed by atoms with Crippen molar-refractivity contribution in [2.45, 2.75) is 13.5 Å². The molecule has 0 aliphatic carbocycles. The normalized spacial score (nSPS) is 10.0. The Hall–Kier alpha value is -1.48. The Balaban J connectivity index is 3.31. The Kier molecular flexibility index (Phi) is 3.96. The maximum Gasteiger partial charge on any atom is 0.387 e. The summed E-state index contributed by atoms with van der Waals surface area (Å²) in [6.07, 6.45) is 0. The summed E-state index contributed by atoms with van der Waals surface area (Å²) in [5.74, 6) is -0.687. The SMILES string of the molecule is CC(=O)c1cc(C#N)c(Br)cc1OC(F)F. The molecule has 1 rings (SSSR count). The van der Waals surface area contributed by atoms with Gasteiger partial charge in [-0.1, -0.05) is 0 Å². The summed E-state index contributed by atoms with van der Waals surface area (Å²) in [5.41, 5.74) is 0.145. The number of hydrogen-bond acceptors (Lipinski definition) is 3. The molecule has 0 radical (unpaired) electrons. The second-order valence-corrected chi connectivity index (χ2v) is 3.73. The number of ketones is 1. The van der Waals surface area contributed by atoms with Gasteiger partial charge in [-0.05, 0) is 35.0 Å². The molecule has 0 saturated carbocycles. The average Bonchev–Trinajstić information content (AvgIpc) is 2.16. The number of carbonyl (C=O) groups excluding carboxylic acids is 1. The highest BCUT2D eigenvalue weighted by Gasteiger charge is 2.16. The predicted octanol–water partition coefficient (Wildman–Crippen LogP) is 3.12. The van der Waals surface area contributed by atoms with E-state index in [0.29, 0.717) is 4.47 Å². The van der Waals surface area contributed by atoms with Crippen LogP contribution in [0.15, 0.2) is 16.6 Å². The Labute approximate surface area is 98.8 Å². The van der Waals surface area contributed by atoms with Gasteiger partial charge in [0, 0.05) is 4.47 Å². The molecular formula is C10H6BrF2NO2. The maximum atomic E-state index is 12.1. The van der Waals surface area contributed by atoms with Gasteiger partial charge in [0.15, 0.2) is 5.78 Å². The smallest absolute Gasteiger partial charge is 0.387 e. The maximum absolute atomic E-state index is 12.1. The highest BCUT2D eigenvalue weighted by Crippen LogP contribution is 2.28. The highest BCUT2D eigenvalue weighted by atomic mass is 79.9. The Morgan fingerprint density at radius 3 is 2.62 bits per heavy atom. The first-order valence-electron chi connectivity index (χ1n) is 4.15. The number of nitrogens with zero attached hydrogens (tertiary/aromatic N) is 1. The number of carbonyl (C=O) groups is 1. The van der Waals surface area contributed by atoms with Crippen LogP contribution in [0.3, 0.4) is 0 Å². The van der Waals surface area contributed by atoms with E-state index in [2.05, 4.69) is 20.7 Å². The zero-order chi connectivity index (χ0) is 12.3. The van der Waals surface area contributed by atoms with Crippen LogP contribution in [0.25, 0.3) is 0 Å². The van der Waals surface area contributed by atoms with E-state index in [4.69, 9.17) is 5.26 Å². The molecule has 0 aromatic heterocycles. The number of nitriles is 1. The zero-order valence-corrected chi connectivity index (χ0v) is 9.72. The number of Topliss-reactive ketones (excluding diaryl/α,β-unsaturated/α-hetero) is 1. The van der Waals surface area contributed by atoms with Crippen LogP contribution in [0.4, 0.5) is 8.78 Å². The Morgan fingerprint density at radius 1 is 1.56 bits per heavy atom. The van der Waals surface area contributed by atoms with Crippen LogP contribution in [0.5, 0.6) is 5.75 Å². The quantitative estimate of drug-likeness (QED) is 0.804. The standard InChI is InChI=1S/C10H6BrF2NO2/c1-5(15)7-2-6(4-14)8(11)3-9(7)16-10(12)13/h2-3,10H,1H3. The van der Waals surface area contributed by atoms with Gasteiger partial charge in [-0.3, -0.25) is 4.79 Å². The number of benzene rings is 1. The fourth-order valence-electron chi connectivity index (χ4n) is 1.11. The first-order valence-corrected chi connectivity index (χ1v) is 4.94. The lowest BCUT2D eigenvalue weighted by molar-refractivity contribution is -0.0501. The van der Waals surface area contributed by atoms with E-state index in [9.17, 15) is 13.6 Å². The summed E-state index contributed by atoms with van der Waals surface area (Å²) in [6.45, 7) is -1.80. The minimum atomic E-state index is -3.02. The van der Waals surface area contributed by atoms with Gasteiger partial charge in [0.2, 0.25) is 0 Å². The molecule has 0 unspecified atom stereocenters. The van der Waals surface area contributed by atoms with Gasteiger partial charge in [-0.15, -0.1) is 0 Å². The van der Waals surface area contributed by atoms with Crippen LogP contribution in [-0.4, -0.2) is 12.4 Å². The topological polar surface area (TPSA) is 50.1 Å². The molecule has 0 fully saturated rings. The molecule has 84 valence electrons. The third-order valence-electron chi connectivity index (χ3n) is 1.79. The van der Waals surface area contributed by atoms with Gasteiger partial charge < -0.3 is 4.74 Å². The second-order valence-electron chi connectivity index (χ2n) is 2.87. The van der Waals surface area contributed by atoms with Crippen LogP contribution in [-0.2, 0) is 0 Å². The van der Waals surface area contributed by atoms with Gasteiger partial charge in [0.25, 0.3) is 0 Å². The molecule has 0 atom stereocenters. The van der Waals surface area contributed by atoms with E-state index < -0.39 is 12.4 Å². The molecule has 0 N–H and O–H groups in total. The van der Waals surface area contributed by atoms with Crippen LogP contribution in [0.2, 0.25) is 0 Å². The van der Waals surface area contributed by atoms with Crippen molar-refractivity contribution in [2.24, 2.45) is 0 Å². The molecule has 0 bridgehead atoms. The minimum absolute atomic E-state index is 0.0416. The van der Waals surface area contributed by atoms with E-state index >= 15 is 0 Å². The first kappa shape index (κ1) is 12.6. The van der Waals surface area contributed by atoms with E-state index in [0.717, 1.165) is 0 Å². The minimum Gasteiger partial charge on any atom is -0.434 e. The highest BCUT2D eigenvalue weighted by molar-refractivity contribution is 9.10. The fourth-order valence-corrected chi connectivity index (χ4v) is 1.52. The van der Waals surface area contributed by atoms with Gasteiger partial charge in [0.1, 0.15) is 11.8 Å². The molecule has 0 spiro atoms. The number of halogens is 3. The van der Waals surface area contributed by atoms with Gasteiger partial charge >= 0.3 is 6.61 Å². The largest absolute Gasteiger partial charge is 0.434 e. The summed E-state index contributed by atoms with van der Waals surface area (Å²) < 4.78 is 28.6. The zero-order valence-electron chi connectivity index (χ0n) is 8.13. The molecule has 16 heavy (non-hydrogen) atoms. The fraction of sp³-hybridized carbons (Fsp3) is 0.200. The Morgan fingerprint density at radius 2 is 2.19 bits per heavy atom. The summed E-state index contributed by atoms with van der Waals surface area (Å²) in [7, 11) is 0. The molecule has 0 aliphatic heterocycles. The predicted molar refractivity (Wildman–Crippen MR) is 55.5 cm³/mol. The van der Waals surface area contributed by atoms with Crippen molar-refractivity contribution < 1.29 is 18.3 Å². The number of rotatable bonds is 3. The summed E-state index contributed by atoms with van der Waals surface area (Å²) in [6, 6.07) is 4.22. The van der Waals surface area contributed by atoms with Crippen molar-refractivity contribution in [3.63, 3.8) is 0 Å². The van der Waals surface area contributed by atoms with Crippen LogP contribution >= 0.6 is 15.9 Å². The summed E-state index contributed by atoms with van der Waals surface area (Å²) in [5, 5.41) is 8.72. The van der Waals surface area contributed by atoms with Crippen molar-refractivity contribution in [3.8, 4) is 11.8 Å². The Bertz CT molecular complexity index is 469. The van der Waals surface area contributed by atoms with Crippen molar-refractivity contribution in [1.82, 2.24) is 0 Å². The van der Waals surface area contributed by atoms with Crippen molar-refractivity contribution in [2.75, 3.05) is 0 Å². The first-order chi connectivity index (χ1) is 7.45. The van der Waals surface area contributed by atoms with E-state index in [1.807, 2.05) is 6.07 Å². The lowest BCUT2D eigenvalue weighted by Gasteiger charge is -2.09. The molecule has 1 aromatic rings. The van der Waals surface area contributed by atoms with Gasteiger partial charge in [-0.25, -0.2) is 0 Å². The lowest BCUT2D eigenvalue weighted by atomic mass is 10.1. The third kappa shape index (κ3) is 2.76. The average molecular weight is 290 g/mol. The van der Waals surface area contributed by atoms with Crippen LogP contribution in [0.1, 0.15) is 22.8 Å². The molecule has 6 heteroatoms. The lowest BCUT2D eigenvalue weighted by Crippen LogP contribution is -2.07. The van der Waals surface area contributed by atoms with Crippen LogP contribution in [0, 0.1) is 11.3 Å². The number of alkyl halides is 2.